The molecule has 7 nitrogen and oxygen atoms in total. The van der Waals surface area contributed by atoms with Crippen molar-refractivity contribution in [2.24, 2.45) is 0 Å². The Balaban J connectivity index is 2.37. The molecule has 0 atom stereocenters. The van der Waals surface area contributed by atoms with Gasteiger partial charge < -0.3 is 5.73 Å². The monoisotopic (exact) mass is 343 g/mol. The van der Waals surface area contributed by atoms with E-state index in [1.807, 2.05) is 6.07 Å². The molecule has 0 radical (unpaired) electrons. The standard InChI is InChI=1S/C19H13N5O2/c1-10-13(7-12-5-3-4-6-16(12)24(25)26)17-11(2)15(9-21)19(22)23-18(17)14(10)8-20/h3-7H,1-2H3,(H2,22,23)/b13-7-. The first-order valence-corrected chi connectivity index (χ1v) is 7.68. The molecule has 0 bridgehead atoms. The third-order valence-corrected chi connectivity index (χ3v) is 4.42. The van der Waals surface area contributed by atoms with Crippen LogP contribution in [0.15, 0.2) is 29.8 Å². The van der Waals surface area contributed by atoms with Gasteiger partial charge in [0.2, 0.25) is 0 Å². The predicted octanol–water partition coefficient (Wildman–Crippen LogP) is 3.60. The Morgan fingerprint density at radius 1 is 1.23 bits per heavy atom. The maximum absolute atomic E-state index is 11.3. The maximum atomic E-state index is 11.3. The summed E-state index contributed by atoms with van der Waals surface area (Å²) in [5.41, 5.74) is 9.71. The van der Waals surface area contributed by atoms with Gasteiger partial charge in [0.05, 0.1) is 27.3 Å². The van der Waals surface area contributed by atoms with Crippen LogP contribution in [0.1, 0.15) is 34.9 Å². The van der Waals surface area contributed by atoms with Crippen molar-refractivity contribution in [2.45, 2.75) is 13.8 Å². The van der Waals surface area contributed by atoms with E-state index < -0.39 is 4.92 Å². The molecule has 0 fully saturated rings. The Morgan fingerprint density at radius 3 is 2.54 bits per heavy atom. The second-order valence-corrected chi connectivity index (χ2v) is 5.82. The number of nitrogens with zero attached hydrogens (tertiary/aromatic N) is 4. The van der Waals surface area contributed by atoms with Gasteiger partial charge in [-0.25, -0.2) is 4.98 Å². The van der Waals surface area contributed by atoms with Crippen LogP contribution in [0.25, 0.3) is 17.2 Å². The topological polar surface area (TPSA) is 130 Å². The normalized spacial score (nSPS) is 14.1. The highest BCUT2D eigenvalue weighted by atomic mass is 16.6. The molecule has 0 unspecified atom stereocenters. The van der Waals surface area contributed by atoms with Crippen molar-refractivity contribution in [2.75, 3.05) is 5.73 Å². The summed E-state index contributed by atoms with van der Waals surface area (Å²) in [4.78, 5) is 15.1. The number of rotatable bonds is 2. The van der Waals surface area contributed by atoms with Crippen molar-refractivity contribution >= 4 is 28.7 Å². The zero-order chi connectivity index (χ0) is 19.0. The first kappa shape index (κ1) is 16.9. The number of anilines is 1. The summed E-state index contributed by atoms with van der Waals surface area (Å²) in [6.07, 6.45) is 1.66. The van der Waals surface area contributed by atoms with Gasteiger partial charge in [-0.1, -0.05) is 12.1 Å². The summed E-state index contributed by atoms with van der Waals surface area (Å²) in [5, 5.41) is 30.2. The van der Waals surface area contributed by atoms with Crippen LogP contribution in [0, 0.1) is 39.7 Å². The molecule has 0 aliphatic heterocycles. The van der Waals surface area contributed by atoms with Gasteiger partial charge in [0.15, 0.2) is 0 Å². The summed E-state index contributed by atoms with van der Waals surface area (Å²) in [7, 11) is 0. The zero-order valence-corrected chi connectivity index (χ0v) is 14.1. The number of hydrogen-bond donors (Lipinski definition) is 1. The molecule has 1 heterocycles. The Hall–Kier alpha value is -3.97. The number of pyridine rings is 1. The number of nitro benzene ring substituents is 1. The fourth-order valence-electron chi connectivity index (χ4n) is 3.13. The van der Waals surface area contributed by atoms with Gasteiger partial charge in [-0.3, -0.25) is 10.1 Å². The van der Waals surface area contributed by atoms with E-state index in [9.17, 15) is 20.6 Å². The number of benzene rings is 1. The summed E-state index contributed by atoms with van der Waals surface area (Å²) >= 11 is 0. The van der Waals surface area contributed by atoms with E-state index in [1.165, 1.54) is 6.07 Å². The highest BCUT2D eigenvalue weighted by Crippen LogP contribution is 2.44. The van der Waals surface area contributed by atoms with Crippen molar-refractivity contribution in [3.8, 4) is 12.1 Å². The Kier molecular flexibility index (Phi) is 3.99. The predicted molar refractivity (Wildman–Crippen MR) is 97.3 cm³/mol. The molecule has 1 aromatic heterocycles. The van der Waals surface area contributed by atoms with E-state index in [-0.39, 0.29) is 17.1 Å². The molecule has 1 aromatic carbocycles. The Bertz CT molecular complexity index is 1110. The van der Waals surface area contributed by atoms with Gasteiger partial charge in [-0.2, -0.15) is 10.5 Å². The van der Waals surface area contributed by atoms with E-state index in [0.717, 1.165) is 0 Å². The number of aromatic nitrogens is 1. The fraction of sp³-hybridized carbons (Fsp3) is 0.105. The first-order valence-electron chi connectivity index (χ1n) is 7.68. The number of fused-ring (bicyclic) bond motifs is 1. The number of nitro groups is 1. The van der Waals surface area contributed by atoms with Gasteiger partial charge in [0.1, 0.15) is 18.0 Å². The third-order valence-electron chi connectivity index (χ3n) is 4.42. The molecule has 0 saturated heterocycles. The van der Waals surface area contributed by atoms with Crippen LogP contribution in [-0.2, 0) is 0 Å². The SMILES string of the molecule is CC1=C(C#N)c2nc(N)c(C#N)c(C)c2/C1=C\c1ccccc1[N+](=O)[O-]. The number of allylic oxidation sites excluding steroid dienone is 3. The highest BCUT2D eigenvalue weighted by Gasteiger charge is 2.30. The lowest BCUT2D eigenvalue weighted by molar-refractivity contribution is -0.385. The molecule has 2 N–H and O–H groups in total. The summed E-state index contributed by atoms with van der Waals surface area (Å²) in [6.45, 7) is 3.48. The van der Waals surface area contributed by atoms with E-state index >= 15 is 0 Å². The Labute approximate surface area is 149 Å². The van der Waals surface area contributed by atoms with Crippen LogP contribution in [0.4, 0.5) is 11.5 Å². The molecular weight excluding hydrogens is 330 g/mol. The summed E-state index contributed by atoms with van der Waals surface area (Å²) < 4.78 is 0. The smallest absolute Gasteiger partial charge is 0.276 e. The number of hydrogen-bond acceptors (Lipinski definition) is 6. The zero-order valence-electron chi connectivity index (χ0n) is 14.1. The minimum Gasteiger partial charge on any atom is -0.383 e. The average Bonchev–Trinajstić information content (AvgIpc) is 2.87. The lowest BCUT2D eigenvalue weighted by Crippen LogP contribution is -2.03. The van der Waals surface area contributed by atoms with Gasteiger partial charge in [0.25, 0.3) is 5.69 Å². The lowest BCUT2D eigenvalue weighted by atomic mass is 9.95. The van der Waals surface area contributed by atoms with E-state index in [1.54, 1.807) is 38.1 Å². The summed E-state index contributed by atoms with van der Waals surface area (Å²) in [5.74, 6) is 0.0660. The number of nitrogens with two attached hydrogens (primary N) is 1. The van der Waals surface area contributed by atoms with Crippen LogP contribution >= 0.6 is 0 Å². The molecule has 2 aromatic rings. The molecule has 0 spiro atoms. The van der Waals surface area contributed by atoms with Gasteiger partial charge in [0, 0.05) is 11.6 Å². The van der Waals surface area contributed by atoms with E-state index in [4.69, 9.17) is 5.73 Å². The van der Waals surface area contributed by atoms with Gasteiger partial charge in [-0.05, 0) is 42.7 Å². The quantitative estimate of drug-likeness (QED) is 0.655. The van der Waals surface area contributed by atoms with E-state index in [0.29, 0.717) is 39.1 Å². The second kappa shape index (κ2) is 6.15. The van der Waals surface area contributed by atoms with Crippen LogP contribution in [0.3, 0.4) is 0 Å². The largest absolute Gasteiger partial charge is 0.383 e. The lowest BCUT2D eigenvalue weighted by Gasteiger charge is -2.11. The van der Waals surface area contributed by atoms with Crippen LogP contribution < -0.4 is 5.73 Å². The van der Waals surface area contributed by atoms with Crippen LogP contribution in [-0.4, -0.2) is 9.91 Å². The molecular formula is C19H13N5O2. The average molecular weight is 343 g/mol. The van der Waals surface area contributed by atoms with Crippen LogP contribution in [0.5, 0.6) is 0 Å². The van der Waals surface area contributed by atoms with Gasteiger partial charge in [-0.15, -0.1) is 0 Å². The molecule has 0 amide bonds. The van der Waals surface area contributed by atoms with Crippen molar-refractivity contribution < 1.29 is 4.92 Å². The van der Waals surface area contributed by atoms with Crippen molar-refractivity contribution in [3.63, 3.8) is 0 Å². The van der Waals surface area contributed by atoms with Crippen molar-refractivity contribution in [1.82, 2.24) is 4.98 Å². The van der Waals surface area contributed by atoms with E-state index in [2.05, 4.69) is 11.1 Å². The highest BCUT2D eigenvalue weighted by molar-refractivity contribution is 6.09. The molecule has 26 heavy (non-hydrogen) atoms. The molecule has 0 saturated carbocycles. The maximum Gasteiger partial charge on any atom is 0.276 e. The second-order valence-electron chi connectivity index (χ2n) is 5.82. The molecule has 7 heteroatoms. The first-order chi connectivity index (χ1) is 12.4. The summed E-state index contributed by atoms with van der Waals surface area (Å²) in [6, 6.07) is 10.5. The fourth-order valence-corrected chi connectivity index (χ4v) is 3.13. The van der Waals surface area contributed by atoms with Crippen LogP contribution in [0.2, 0.25) is 0 Å². The molecule has 1 aliphatic rings. The van der Waals surface area contributed by atoms with Crippen molar-refractivity contribution in [3.05, 3.63) is 67.9 Å². The molecule has 1 aliphatic carbocycles. The van der Waals surface area contributed by atoms with Gasteiger partial charge >= 0.3 is 0 Å². The molecule has 126 valence electrons. The Morgan fingerprint density at radius 2 is 1.92 bits per heavy atom. The minimum absolute atomic E-state index is 0.0404. The minimum atomic E-state index is -0.457. The molecule has 3 rings (SSSR count). The van der Waals surface area contributed by atoms with Crippen molar-refractivity contribution in [1.29, 1.82) is 10.5 Å². The number of nitriles is 2. The number of nitrogen functional groups attached to an aromatic ring is 1. The number of para-hydroxylation sites is 1. The third kappa shape index (κ3) is 2.40.